The third-order valence-corrected chi connectivity index (χ3v) is 5.89. The molecule has 0 radical (unpaired) electrons. The van der Waals surface area contributed by atoms with E-state index in [2.05, 4.69) is 5.32 Å². The second-order valence-corrected chi connectivity index (χ2v) is 8.17. The zero-order chi connectivity index (χ0) is 24.6. The van der Waals surface area contributed by atoms with Crippen molar-refractivity contribution >= 4 is 17.8 Å². The number of benzene rings is 3. The minimum Gasteiger partial charge on any atom is -0.466 e. The third kappa shape index (κ3) is 5.17. The highest BCUT2D eigenvalue weighted by atomic mass is 16.5. The number of ether oxygens (including phenoxy) is 1. The zero-order valence-corrected chi connectivity index (χ0v) is 19.4. The summed E-state index contributed by atoms with van der Waals surface area (Å²) in [5.41, 5.74) is 6.64. The molecule has 0 unspecified atom stereocenters. The molecular formula is C28H30N2O4. The predicted octanol–water partition coefficient (Wildman–Crippen LogP) is 3.58. The number of amides is 2. The number of nitrogens with two attached hydrogens (primary N) is 1. The van der Waals surface area contributed by atoms with Gasteiger partial charge in [-0.05, 0) is 30.0 Å². The summed E-state index contributed by atoms with van der Waals surface area (Å²) < 4.78 is 5.06. The Kier molecular flexibility index (Phi) is 8.19. The molecule has 0 spiro atoms. The van der Waals surface area contributed by atoms with Crippen molar-refractivity contribution in [2.75, 3.05) is 6.61 Å². The van der Waals surface area contributed by atoms with E-state index >= 15 is 0 Å². The molecule has 0 aromatic heterocycles. The first kappa shape index (κ1) is 24.7. The van der Waals surface area contributed by atoms with E-state index in [1.54, 1.807) is 13.8 Å². The van der Waals surface area contributed by atoms with Gasteiger partial charge in [0.2, 0.25) is 11.8 Å². The molecule has 3 aromatic carbocycles. The highest BCUT2D eigenvalue weighted by Gasteiger charge is 2.45. The molecule has 6 nitrogen and oxygen atoms in total. The average molecular weight is 459 g/mol. The first-order valence-corrected chi connectivity index (χ1v) is 11.3. The first-order valence-electron chi connectivity index (χ1n) is 11.3. The maximum atomic E-state index is 14.2. The molecule has 3 rings (SSSR count). The lowest BCUT2D eigenvalue weighted by molar-refractivity contribution is -0.148. The largest absolute Gasteiger partial charge is 0.466 e. The van der Waals surface area contributed by atoms with E-state index in [-0.39, 0.29) is 13.0 Å². The monoisotopic (exact) mass is 458 g/mol. The van der Waals surface area contributed by atoms with Crippen molar-refractivity contribution in [1.82, 2.24) is 5.32 Å². The molecule has 176 valence electrons. The fourth-order valence-corrected chi connectivity index (χ4v) is 4.20. The summed E-state index contributed by atoms with van der Waals surface area (Å²) in [4.78, 5) is 38.7. The zero-order valence-electron chi connectivity index (χ0n) is 19.4. The van der Waals surface area contributed by atoms with Gasteiger partial charge in [0, 0.05) is 0 Å². The minimum atomic E-state index is -1.25. The van der Waals surface area contributed by atoms with Crippen molar-refractivity contribution in [1.29, 1.82) is 0 Å². The van der Waals surface area contributed by atoms with E-state index in [4.69, 9.17) is 10.5 Å². The molecule has 2 amide bonds. The van der Waals surface area contributed by atoms with Crippen LogP contribution < -0.4 is 11.1 Å². The van der Waals surface area contributed by atoms with Crippen LogP contribution >= 0.6 is 0 Å². The van der Waals surface area contributed by atoms with Gasteiger partial charge in [-0.25, -0.2) is 0 Å². The van der Waals surface area contributed by atoms with Gasteiger partial charge in [-0.15, -0.1) is 0 Å². The van der Waals surface area contributed by atoms with Gasteiger partial charge in [0.15, 0.2) is 0 Å². The van der Waals surface area contributed by atoms with E-state index in [1.165, 1.54) is 0 Å². The van der Waals surface area contributed by atoms with Gasteiger partial charge >= 0.3 is 5.97 Å². The van der Waals surface area contributed by atoms with Crippen LogP contribution in [-0.2, 0) is 24.5 Å². The normalized spacial score (nSPS) is 12.9. The van der Waals surface area contributed by atoms with Gasteiger partial charge in [0.1, 0.15) is 11.5 Å². The third-order valence-electron chi connectivity index (χ3n) is 5.89. The summed E-state index contributed by atoms with van der Waals surface area (Å²) in [6.07, 6.45) is 0.0361. The molecule has 0 saturated heterocycles. The van der Waals surface area contributed by atoms with Crippen LogP contribution in [0.1, 0.15) is 37.0 Å². The Morgan fingerprint density at radius 2 is 1.24 bits per heavy atom. The Hall–Kier alpha value is -3.93. The minimum absolute atomic E-state index is 0.0361. The maximum Gasteiger partial charge on any atom is 0.308 e. The first-order chi connectivity index (χ1) is 16.4. The van der Waals surface area contributed by atoms with Crippen LogP contribution in [0.2, 0.25) is 0 Å². The lowest BCUT2D eigenvalue weighted by Gasteiger charge is -2.35. The van der Waals surface area contributed by atoms with Crippen LogP contribution in [0.4, 0.5) is 0 Å². The fourth-order valence-electron chi connectivity index (χ4n) is 4.20. The summed E-state index contributed by atoms with van der Waals surface area (Å²) >= 11 is 0. The highest BCUT2D eigenvalue weighted by Crippen LogP contribution is 2.39. The number of hydrogen-bond donors (Lipinski definition) is 2. The summed E-state index contributed by atoms with van der Waals surface area (Å²) in [7, 11) is 0. The number of carbonyl (C=O) groups excluding carboxylic acids is 3. The molecular weight excluding hydrogens is 428 g/mol. The Morgan fingerprint density at radius 3 is 1.59 bits per heavy atom. The van der Waals surface area contributed by atoms with E-state index in [0.717, 1.165) is 16.7 Å². The Bertz CT molecular complexity index is 1000. The molecule has 0 saturated carbocycles. The lowest BCUT2D eigenvalue weighted by atomic mass is 9.68. The van der Waals surface area contributed by atoms with Gasteiger partial charge in [-0.3, -0.25) is 14.4 Å². The molecule has 0 bridgehead atoms. The molecule has 2 atom stereocenters. The van der Waals surface area contributed by atoms with Crippen LogP contribution in [0.15, 0.2) is 91.0 Å². The standard InChI is InChI=1S/C28H30N2O4/c1-3-34-26(32)20(2)19-24(25(29)31)30-27(33)28(21-13-7-4-8-14-21,22-15-9-5-10-16-22)23-17-11-6-12-18-23/h4-18,20,24H,3,19H2,1-2H3,(H2,29,31)(H,30,33)/t20-,24-/m1/s1. The topological polar surface area (TPSA) is 98.5 Å². The maximum absolute atomic E-state index is 14.2. The molecule has 0 aliphatic heterocycles. The molecule has 6 heteroatoms. The fraction of sp³-hybridized carbons (Fsp3) is 0.250. The summed E-state index contributed by atoms with van der Waals surface area (Å²) in [5.74, 6) is -2.18. The number of hydrogen-bond acceptors (Lipinski definition) is 4. The van der Waals surface area contributed by atoms with Crippen molar-refractivity contribution in [3.8, 4) is 0 Å². The van der Waals surface area contributed by atoms with Gasteiger partial charge in [0.05, 0.1) is 12.5 Å². The number of carbonyl (C=O) groups is 3. The van der Waals surface area contributed by atoms with Crippen molar-refractivity contribution < 1.29 is 19.1 Å². The van der Waals surface area contributed by atoms with Crippen molar-refractivity contribution in [3.05, 3.63) is 108 Å². The Labute approximate surface area is 200 Å². The summed E-state index contributed by atoms with van der Waals surface area (Å²) in [6.45, 7) is 3.60. The average Bonchev–Trinajstić information content (AvgIpc) is 2.86. The molecule has 0 fully saturated rings. The number of esters is 1. The van der Waals surface area contributed by atoms with Crippen molar-refractivity contribution in [2.45, 2.75) is 31.7 Å². The SMILES string of the molecule is CCOC(=O)[C@H](C)C[C@@H](NC(=O)C(c1ccccc1)(c1ccccc1)c1ccccc1)C(N)=O. The Balaban J connectivity index is 2.12. The highest BCUT2D eigenvalue weighted by molar-refractivity contribution is 5.98. The Morgan fingerprint density at radius 1 is 0.824 bits per heavy atom. The van der Waals surface area contributed by atoms with Gasteiger partial charge in [-0.2, -0.15) is 0 Å². The van der Waals surface area contributed by atoms with Crippen LogP contribution in [-0.4, -0.2) is 30.4 Å². The van der Waals surface area contributed by atoms with Gasteiger partial charge in [0.25, 0.3) is 0 Å². The summed E-state index contributed by atoms with van der Waals surface area (Å²) in [6, 6.07) is 27.2. The number of rotatable bonds is 10. The van der Waals surface area contributed by atoms with Crippen molar-refractivity contribution in [3.63, 3.8) is 0 Å². The second-order valence-electron chi connectivity index (χ2n) is 8.17. The van der Waals surface area contributed by atoms with Crippen LogP contribution in [0.3, 0.4) is 0 Å². The van der Waals surface area contributed by atoms with Crippen LogP contribution in [0, 0.1) is 5.92 Å². The van der Waals surface area contributed by atoms with E-state index in [9.17, 15) is 14.4 Å². The predicted molar refractivity (Wildman–Crippen MR) is 131 cm³/mol. The van der Waals surface area contributed by atoms with Gasteiger partial charge in [-0.1, -0.05) is 97.9 Å². The molecule has 3 N–H and O–H groups in total. The van der Waals surface area contributed by atoms with E-state index in [0.29, 0.717) is 0 Å². The smallest absolute Gasteiger partial charge is 0.308 e. The van der Waals surface area contributed by atoms with Crippen LogP contribution in [0.25, 0.3) is 0 Å². The van der Waals surface area contributed by atoms with Crippen LogP contribution in [0.5, 0.6) is 0 Å². The quantitative estimate of drug-likeness (QED) is 0.358. The van der Waals surface area contributed by atoms with E-state index in [1.807, 2.05) is 91.0 Å². The molecule has 3 aromatic rings. The molecule has 34 heavy (non-hydrogen) atoms. The number of primary amides is 1. The van der Waals surface area contributed by atoms with Crippen molar-refractivity contribution in [2.24, 2.45) is 11.7 Å². The molecule has 0 aliphatic carbocycles. The lowest BCUT2D eigenvalue weighted by Crippen LogP contribution is -2.54. The second kappa shape index (κ2) is 11.3. The summed E-state index contributed by atoms with van der Waals surface area (Å²) in [5, 5.41) is 2.86. The molecule has 0 aliphatic rings. The number of nitrogens with one attached hydrogen (secondary N) is 1. The molecule has 0 heterocycles. The van der Waals surface area contributed by atoms with E-state index < -0.39 is 35.2 Å². The van der Waals surface area contributed by atoms with Gasteiger partial charge < -0.3 is 15.8 Å².